The predicted molar refractivity (Wildman–Crippen MR) is 161 cm³/mol. The van der Waals surface area contributed by atoms with Gasteiger partial charge in [-0.3, -0.25) is 4.99 Å². The predicted octanol–water partition coefficient (Wildman–Crippen LogP) is 8.96. The van der Waals surface area contributed by atoms with E-state index in [9.17, 15) is 0 Å². The highest BCUT2D eigenvalue weighted by atomic mass is 15.1. The van der Waals surface area contributed by atoms with E-state index in [1.807, 2.05) is 30.3 Å². The van der Waals surface area contributed by atoms with E-state index in [-0.39, 0.29) is 12.1 Å². The molecule has 0 aromatic heterocycles. The molecule has 0 saturated carbocycles. The fourth-order valence-corrected chi connectivity index (χ4v) is 4.58. The van der Waals surface area contributed by atoms with E-state index in [1.54, 1.807) is 0 Å². The summed E-state index contributed by atoms with van der Waals surface area (Å²) < 4.78 is 0. The Balaban J connectivity index is 1.41. The normalized spacial score (nSPS) is 13.4. The lowest BCUT2D eigenvalue weighted by Crippen LogP contribution is -2.17. The molecule has 0 radical (unpaired) electrons. The van der Waals surface area contributed by atoms with Crippen LogP contribution in [0.15, 0.2) is 126 Å². The number of aliphatic imine (C=N–C) groups is 1. The highest BCUT2D eigenvalue weighted by Gasteiger charge is 2.11. The topological polar surface area (TPSA) is 24.4 Å². The monoisotopic (exact) mass is 484 g/mol. The highest BCUT2D eigenvalue weighted by Crippen LogP contribution is 2.24. The minimum absolute atomic E-state index is 0.228. The van der Waals surface area contributed by atoms with Gasteiger partial charge in [-0.15, -0.1) is 0 Å². The summed E-state index contributed by atoms with van der Waals surface area (Å²) >= 11 is 0. The van der Waals surface area contributed by atoms with Crippen LogP contribution in [0.3, 0.4) is 0 Å². The summed E-state index contributed by atoms with van der Waals surface area (Å²) in [6.45, 7) is 14.6. The Morgan fingerprint density at radius 3 is 2.30 bits per heavy atom. The van der Waals surface area contributed by atoms with E-state index in [2.05, 4.69) is 123 Å². The van der Waals surface area contributed by atoms with Gasteiger partial charge in [-0.1, -0.05) is 122 Å². The summed E-state index contributed by atoms with van der Waals surface area (Å²) in [7, 11) is 0. The Morgan fingerprint density at radius 1 is 0.892 bits per heavy atom. The molecule has 1 N–H and O–H groups in total. The van der Waals surface area contributed by atoms with Crippen molar-refractivity contribution in [2.75, 3.05) is 0 Å². The van der Waals surface area contributed by atoms with Crippen molar-refractivity contribution < 1.29 is 0 Å². The van der Waals surface area contributed by atoms with Crippen molar-refractivity contribution in [3.8, 4) is 0 Å². The van der Waals surface area contributed by atoms with Crippen LogP contribution < -0.4 is 5.32 Å². The molecular formula is C35H36N2. The molecule has 0 saturated heterocycles. The van der Waals surface area contributed by atoms with Crippen molar-refractivity contribution in [1.29, 1.82) is 0 Å². The van der Waals surface area contributed by atoms with Gasteiger partial charge in [0.25, 0.3) is 0 Å². The van der Waals surface area contributed by atoms with Gasteiger partial charge in [0.2, 0.25) is 0 Å². The van der Waals surface area contributed by atoms with Crippen molar-refractivity contribution in [1.82, 2.24) is 5.32 Å². The van der Waals surface area contributed by atoms with Gasteiger partial charge in [-0.2, -0.15) is 0 Å². The van der Waals surface area contributed by atoms with Crippen molar-refractivity contribution in [2.24, 2.45) is 4.99 Å². The SMILES string of the molecule is C=NC(NC(=C)c1cccc(C(C)/C=C\C=C(\C)Cc2cc3ccccc3cc2C)c1)c1ccccc1. The third-order valence-electron chi connectivity index (χ3n) is 6.82. The Morgan fingerprint density at radius 2 is 1.57 bits per heavy atom. The molecule has 4 aromatic rings. The van der Waals surface area contributed by atoms with E-state index in [0.29, 0.717) is 0 Å². The van der Waals surface area contributed by atoms with Crippen LogP contribution in [-0.2, 0) is 6.42 Å². The summed E-state index contributed by atoms with van der Waals surface area (Å²) in [4.78, 5) is 4.25. The van der Waals surface area contributed by atoms with Gasteiger partial charge in [-0.05, 0) is 77.6 Å². The average molecular weight is 485 g/mol. The first-order valence-corrected chi connectivity index (χ1v) is 12.8. The van der Waals surface area contributed by atoms with Crippen LogP contribution in [0.2, 0.25) is 0 Å². The minimum Gasteiger partial charge on any atom is -0.360 e. The van der Waals surface area contributed by atoms with Gasteiger partial charge in [-0.25, -0.2) is 0 Å². The van der Waals surface area contributed by atoms with Gasteiger partial charge in [0.15, 0.2) is 0 Å². The number of aryl methyl sites for hydroxylation is 1. The first-order chi connectivity index (χ1) is 17.9. The first kappa shape index (κ1) is 25.9. The number of hydrogen-bond acceptors (Lipinski definition) is 2. The maximum absolute atomic E-state index is 4.26. The minimum atomic E-state index is -0.228. The van der Waals surface area contributed by atoms with Crippen molar-refractivity contribution in [2.45, 2.75) is 39.3 Å². The lowest BCUT2D eigenvalue weighted by atomic mass is 9.96. The molecule has 186 valence electrons. The number of benzene rings is 4. The smallest absolute Gasteiger partial charge is 0.143 e. The summed E-state index contributed by atoms with van der Waals surface area (Å²) in [5, 5.41) is 6.01. The van der Waals surface area contributed by atoms with E-state index < -0.39 is 0 Å². The van der Waals surface area contributed by atoms with E-state index >= 15 is 0 Å². The largest absolute Gasteiger partial charge is 0.360 e. The fraction of sp³-hybridized carbons (Fsp3) is 0.171. The molecule has 0 spiro atoms. The maximum Gasteiger partial charge on any atom is 0.143 e. The highest BCUT2D eigenvalue weighted by molar-refractivity contribution is 5.84. The Bertz CT molecular complexity index is 1440. The molecule has 0 amide bonds. The number of allylic oxidation sites excluding steroid dienone is 4. The van der Waals surface area contributed by atoms with E-state index in [0.717, 1.165) is 23.2 Å². The second-order valence-corrected chi connectivity index (χ2v) is 9.73. The number of rotatable bonds is 10. The quantitative estimate of drug-likeness (QED) is 0.176. The number of fused-ring (bicyclic) bond motifs is 1. The molecule has 37 heavy (non-hydrogen) atoms. The zero-order chi connectivity index (χ0) is 26.2. The molecule has 2 unspecified atom stereocenters. The van der Waals surface area contributed by atoms with Crippen LogP contribution in [0.4, 0.5) is 0 Å². The van der Waals surface area contributed by atoms with Gasteiger partial charge in [0.1, 0.15) is 6.17 Å². The molecule has 0 bridgehead atoms. The molecule has 0 fully saturated rings. The molecule has 4 rings (SSSR count). The molecule has 2 heteroatoms. The van der Waals surface area contributed by atoms with Crippen LogP contribution >= 0.6 is 0 Å². The Kier molecular flexibility index (Phi) is 8.53. The summed E-state index contributed by atoms with van der Waals surface area (Å²) in [6.07, 6.45) is 7.40. The number of nitrogens with one attached hydrogen (secondary N) is 1. The molecule has 0 aliphatic heterocycles. The second-order valence-electron chi connectivity index (χ2n) is 9.73. The van der Waals surface area contributed by atoms with Crippen LogP contribution in [0.25, 0.3) is 16.5 Å². The van der Waals surface area contributed by atoms with Gasteiger partial charge < -0.3 is 5.32 Å². The van der Waals surface area contributed by atoms with Crippen LogP contribution in [0, 0.1) is 6.92 Å². The van der Waals surface area contributed by atoms with Gasteiger partial charge >= 0.3 is 0 Å². The van der Waals surface area contributed by atoms with Gasteiger partial charge in [0.05, 0.1) is 0 Å². The van der Waals surface area contributed by atoms with Gasteiger partial charge in [0, 0.05) is 5.70 Å². The molecule has 4 aromatic carbocycles. The van der Waals surface area contributed by atoms with Crippen molar-refractivity contribution in [3.05, 3.63) is 149 Å². The van der Waals surface area contributed by atoms with Crippen molar-refractivity contribution in [3.63, 3.8) is 0 Å². The third kappa shape index (κ3) is 6.74. The van der Waals surface area contributed by atoms with Crippen LogP contribution in [0.1, 0.15) is 53.7 Å². The molecule has 0 heterocycles. The second kappa shape index (κ2) is 12.2. The van der Waals surface area contributed by atoms with E-state index in [4.69, 9.17) is 0 Å². The number of hydrogen-bond donors (Lipinski definition) is 1. The molecule has 0 aliphatic carbocycles. The zero-order valence-electron chi connectivity index (χ0n) is 22.1. The van der Waals surface area contributed by atoms with Crippen LogP contribution in [0.5, 0.6) is 0 Å². The number of nitrogens with zero attached hydrogens (tertiary/aromatic N) is 1. The fourth-order valence-electron chi connectivity index (χ4n) is 4.58. The summed E-state index contributed by atoms with van der Waals surface area (Å²) in [5.74, 6) is 0.279. The van der Waals surface area contributed by atoms with Crippen molar-refractivity contribution >= 4 is 23.2 Å². The lowest BCUT2D eigenvalue weighted by molar-refractivity contribution is 0.675. The third-order valence-corrected chi connectivity index (χ3v) is 6.82. The Labute approximate surface area is 221 Å². The molecule has 2 atom stereocenters. The van der Waals surface area contributed by atoms with E-state index in [1.165, 1.54) is 33.0 Å². The van der Waals surface area contributed by atoms with Crippen LogP contribution in [-0.4, -0.2) is 6.72 Å². The summed E-state index contributed by atoms with van der Waals surface area (Å²) in [6, 6.07) is 31.8. The molecule has 0 aliphatic rings. The standard InChI is InChI=1S/C35H36N2/c1-25(21-34-24-33-18-10-9-17-32(33)22-27(34)3)13-11-14-26(2)30-19-12-20-31(23-30)28(4)37-35(36-5)29-15-7-6-8-16-29/h6-20,22-24,26,35,37H,4-5,21H2,1-3H3/b14-11-,25-13-. The average Bonchev–Trinajstić information content (AvgIpc) is 2.92. The first-order valence-electron chi connectivity index (χ1n) is 12.8. The maximum atomic E-state index is 4.26. The summed E-state index contributed by atoms with van der Waals surface area (Å²) in [5.41, 5.74) is 8.27. The zero-order valence-corrected chi connectivity index (χ0v) is 22.1. The molecular weight excluding hydrogens is 448 g/mol. The lowest BCUT2D eigenvalue weighted by Gasteiger charge is -2.18. The molecule has 2 nitrogen and oxygen atoms in total. The Hall–Kier alpha value is -4.17.